The van der Waals surface area contributed by atoms with Gasteiger partial charge >= 0.3 is 0 Å². The average Bonchev–Trinajstić information content (AvgIpc) is 2.25. The fraction of sp³-hybridized carbons (Fsp3) is 0.455. The largest absolute Gasteiger partial charge is 0.364 e. The van der Waals surface area contributed by atoms with E-state index < -0.39 is 12.6 Å². The van der Waals surface area contributed by atoms with Gasteiger partial charge in [0, 0.05) is 89.0 Å². The van der Waals surface area contributed by atoms with Crippen LogP contribution in [0.25, 0.3) is 0 Å². The Morgan fingerprint density at radius 1 is 0.900 bits per heavy atom. The van der Waals surface area contributed by atoms with Crippen molar-refractivity contribution >= 4 is 0 Å². The van der Waals surface area contributed by atoms with Crippen LogP contribution in [0.3, 0.4) is 0 Å². The van der Waals surface area contributed by atoms with Crippen LogP contribution in [0.2, 0.25) is 0 Å². The summed E-state index contributed by atoms with van der Waals surface area (Å²) in [5, 5.41) is 36.3. The van der Waals surface area contributed by atoms with E-state index in [0.717, 1.165) is 0 Å². The second-order valence-electron chi connectivity index (χ2n) is 3.60. The molecule has 1 aromatic rings. The van der Waals surface area contributed by atoms with Crippen LogP contribution >= 0.6 is 0 Å². The molecule has 1 aromatic carbocycles. The summed E-state index contributed by atoms with van der Waals surface area (Å²) in [7, 11) is 0. The summed E-state index contributed by atoms with van der Waals surface area (Å²) < 4.78 is 0. The molecule has 0 aliphatic rings. The van der Waals surface area contributed by atoms with Crippen molar-refractivity contribution in [2.45, 2.75) is 25.4 Å². The number of aliphatic hydroxyl groups excluding tert-OH is 2. The third-order valence-electron chi connectivity index (χ3n) is 2.39. The van der Waals surface area contributed by atoms with E-state index >= 15 is 0 Å². The molecule has 0 aromatic heterocycles. The molecule has 0 heterocycles. The SMILES string of the molecule is NCCCc1cc(C(O)O)ccc1C(O)O.[Zn].[Zn].[Zn].[Zn]. The molecule has 0 radical (unpaired) electrons. The third-order valence-corrected chi connectivity index (χ3v) is 2.39. The van der Waals surface area contributed by atoms with Crippen LogP contribution in [0.5, 0.6) is 0 Å². The summed E-state index contributed by atoms with van der Waals surface area (Å²) in [6.45, 7) is 0.493. The van der Waals surface area contributed by atoms with Crippen molar-refractivity contribution in [1.29, 1.82) is 0 Å². The van der Waals surface area contributed by atoms with Crippen molar-refractivity contribution in [3.8, 4) is 0 Å². The minimum atomic E-state index is -1.56. The maximum atomic E-state index is 9.13. The molecule has 98 valence electrons. The molecule has 0 unspecified atom stereocenters. The van der Waals surface area contributed by atoms with Crippen LogP contribution in [-0.2, 0) is 84.3 Å². The molecule has 20 heavy (non-hydrogen) atoms. The predicted molar refractivity (Wildman–Crippen MR) is 58.2 cm³/mol. The Morgan fingerprint density at radius 3 is 1.85 bits per heavy atom. The molecule has 0 fully saturated rings. The van der Waals surface area contributed by atoms with Gasteiger partial charge in [-0.1, -0.05) is 18.2 Å². The quantitative estimate of drug-likeness (QED) is 0.285. The summed E-state index contributed by atoms with van der Waals surface area (Å²) >= 11 is 0. The Bertz CT molecular complexity index is 353. The molecule has 0 aliphatic heterocycles. The normalized spacial score (nSPS) is 9.15. The van der Waals surface area contributed by atoms with E-state index in [4.69, 9.17) is 26.2 Å². The summed E-state index contributed by atoms with van der Waals surface area (Å²) in [5.41, 5.74) is 6.75. The molecule has 6 N–H and O–H groups in total. The van der Waals surface area contributed by atoms with Gasteiger partial charge in [-0.2, -0.15) is 0 Å². The zero-order valence-corrected chi connectivity index (χ0v) is 23.6. The van der Waals surface area contributed by atoms with Gasteiger partial charge in [0.1, 0.15) is 0 Å². The Kier molecular flexibility index (Phi) is 22.7. The van der Waals surface area contributed by atoms with Gasteiger partial charge in [-0.3, -0.25) is 0 Å². The number of aliphatic hydroxyl groups is 4. The topological polar surface area (TPSA) is 107 Å². The van der Waals surface area contributed by atoms with Crippen molar-refractivity contribution in [2.24, 2.45) is 5.73 Å². The first kappa shape index (κ1) is 29.5. The molecule has 0 amide bonds. The Hall–Kier alpha value is 1.51. The summed E-state index contributed by atoms with van der Waals surface area (Å²) in [6, 6.07) is 4.48. The second kappa shape index (κ2) is 15.4. The van der Waals surface area contributed by atoms with Crippen molar-refractivity contribution in [1.82, 2.24) is 0 Å². The number of aryl methyl sites for hydroxylation is 1. The van der Waals surface area contributed by atoms with Crippen LogP contribution in [0.4, 0.5) is 0 Å². The summed E-state index contributed by atoms with van der Waals surface area (Å²) in [6.07, 6.45) is -1.84. The van der Waals surface area contributed by atoms with E-state index in [-0.39, 0.29) is 77.9 Å². The Morgan fingerprint density at radius 2 is 1.45 bits per heavy atom. The molecule has 0 atom stereocenters. The van der Waals surface area contributed by atoms with Crippen molar-refractivity contribution in [3.63, 3.8) is 0 Å². The Labute approximate surface area is 169 Å². The van der Waals surface area contributed by atoms with Gasteiger partial charge < -0.3 is 26.2 Å². The van der Waals surface area contributed by atoms with E-state index in [1.807, 2.05) is 0 Å². The molecular formula is C11H17NO4Zn4. The molecular weight excluding hydrogens is 472 g/mol. The summed E-state index contributed by atoms with van der Waals surface area (Å²) in [4.78, 5) is 0. The van der Waals surface area contributed by atoms with Gasteiger partial charge in [0.25, 0.3) is 0 Å². The maximum Gasteiger partial charge on any atom is 0.178 e. The van der Waals surface area contributed by atoms with Crippen molar-refractivity contribution in [3.05, 3.63) is 34.9 Å². The van der Waals surface area contributed by atoms with E-state index in [0.29, 0.717) is 36.1 Å². The minimum Gasteiger partial charge on any atom is -0.364 e. The molecule has 5 nitrogen and oxygen atoms in total. The molecule has 0 spiro atoms. The minimum absolute atomic E-state index is 0. The van der Waals surface area contributed by atoms with E-state index in [2.05, 4.69) is 0 Å². The first-order valence-corrected chi connectivity index (χ1v) is 5.11. The van der Waals surface area contributed by atoms with Crippen molar-refractivity contribution in [2.75, 3.05) is 6.54 Å². The third kappa shape index (κ3) is 9.51. The molecule has 9 heteroatoms. The molecule has 0 saturated carbocycles. The second-order valence-corrected chi connectivity index (χ2v) is 3.60. The van der Waals surface area contributed by atoms with Crippen LogP contribution in [0, 0.1) is 0 Å². The Balaban J connectivity index is -0.000000320. The predicted octanol–water partition coefficient (Wildman–Crippen LogP) is -0.466. The van der Waals surface area contributed by atoms with Gasteiger partial charge in [0.2, 0.25) is 0 Å². The first-order valence-electron chi connectivity index (χ1n) is 5.11. The number of benzene rings is 1. The monoisotopic (exact) mass is 483 g/mol. The van der Waals surface area contributed by atoms with E-state index in [9.17, 15) is 0 Å². The maximum absolute atomic E-state index is 9.13. The van der Waals surface area contributed by atoms with Crippen molar-refractivity contribution < 1.29 is 98.3 Å². The van der Waals surface area contributed by atoms with Crippen LogP contribution in [0.15, 0.2) is 18.2 Å². The van der Waals surface area contributed by atoms with Crippen LogP contribution in [0.1, 0.15) is 35.7 Å². The van der Waals surface area contributed by atoms with E-state index in [1.54, 1.807) is 6.07 Å². The van der Waals surface area contributed by atoms with Gasteiger partial charge in [-0.25, -0.2) is 0 Å². The average molecular weight is 489 g/mol. The van der Waals surface area contributed by atoms with Gasteiger partial charge in [0.15, 0.2) is 12.6 Å². The zero-order chi connectivity index (χ0) is 12.1. The molecule has 1 rings (SSSR count). The van der Waals surface area contributed by atoms with Crippen LogP contribution in [-0.4, -0.2) is 27.0 Å². The van der Waals surface area contributed by atoms with Gasteiger partial charge in [-0.15, -0.1) is 0 Å². The number of hydrogen-bond acceptors (Lipinski definition) is 5. The van der Waals surface area contributed by atoms with Crippen LogP contribution < -0.4 is 5.73 Å². The fourth-order valence-electron chi connectivity index (χ4n) is 1.55. The number of rotatable bonds is 5. The molecule has 0 saturated heterocycles. The fourth-order valence-corrected chi connectivity index (χ4v) is 1.55. The number of hydrogen-bond donors (Lipinski definition) is 5. The first-order chi connectivity index (χ1) is 7.56. The molecule has 0 aliphatic carbocycles. The molecule has 0 bridgehead atoms. The van der Waals surface area contributed by atoms with Gasteiger partial charge in [-0.05, 0) is 24.9 Å². The zero-order valence-electron chi connectivity index (χ0n) is 11.7. The van der Waals surface area contributed by atoms with E-state index in [1.165, 1.54) is 12.1 Å². The standard InChI is InChI=1S/C11H17NO4.4Zn/c12-5-1-2-7-6-8(10(13)14)3-4-9(7)11(15)16;;;;/h3-4,6,10-11,13-16H,1-2,5,12H2;;;;. The summed E-state index contributed by atoms with van der Waals surface area (Å²) in [5.74, 6) is 0. The smallest absolute Gasteiger partial charge is 0.178 e. The number of nitrogens with two attached hydrogens (primary N) is 1. The van der Waals surface area contributed by atoms with Gasteiger partial charge in [0.05, 0.1) is 0 Å².